The van der Waals surface area contributed by atoms with Crippen LogP contribution in [-0.2, 0) is 13.0 Å². The number of hydrogen-bond acceptors (Lipinski definition) is 5. The second-order valence-corrected chi connectivity index (χ2v) is 7.95. The van der Waals surface area contributed by atoms with Crippen molar-refractivity contribution in [1.29, 1.82) is 0 Å². The molecule has 4 aromatic heterocycles. The van der Waals surface area contributed by atoms with E-state index in [1.807, 2.05) is 12.1 Å². The summed E-state index contributed by atoms with van der Waals surface area (Å²) < 4.78 is 3.23. The molecule has 4 aromatic rings. The Morgan fingerprint density at radius 2 is 1.96 bits per heavy atom. The molecule has 0 aromatic carbocycles. The van der Waals surface area contributed by atoms with E-state index in [0.717, 1.165) is 33.7 Å². The van der Waals surface area contributed by atoms with Gasteiger partial charge in [0, 0.05) is 23.2 Å². The van der Waals surface area contributed by atoms with Gasteiger partial charge >= 0.3 is 5.69 Å². The molecule has 0 atom stereocenters. The predicted molar refractivity (Wildman–Crippen MR) is 104 cm³/mol. The van der Waals surface area contributed by atoms with Crippen LogP contribution < -0.4 is 5.69 Å². The van der Waals surface area contributed by atoms with Crippen LogP contribution in [0, 0.1) is 6.92 Å². The van der Waals surface area contributed by atoms with Crippen LogP contribution in [0.3, 0.4) is 0 Å². The van der Waals surface area contributed by atoms with Gasteiger partial charge in [0.1, 0.15) is 10.7 Å². The van der Waals surface area contributed by atoms with Crippen molar-refractivity contribution >= 4 is 27.2 Å². The molecule has 134 valence electrons. The van der Waals surface area contributed by atoms with E-state index in [1.165, 1.54) is 15.1 Å². The van der Waals surface area contributed by atoms with Gasteiger partial charge in [0.15, 0.2) is 5.65 Å². The zero-order chi connectivity index (χ0) is 18.4. The number of hydrogen-bond donors (Lipinski definition) is 0. The summed E-state index contributed by atoms with van der Waals surface area (Å²) in [6.45, 7) is 8.78. The van der Waals surface area contributed by atoms with Crippen molar-refractivity contribution in [2.24, 2.45) is 0 Å². The molecule has 4 rings (SSSR count). The maximum absolute atomic E-state index is 13.1. The van der Waals surface area contributed by atoms with Gasteiger partial charge in [-0.3, -0.25) is 4.98 Å². The molecule has 0 bridgehead atoms. The maximum atomic E-state index is 13.1. The Bertz CT molecular complexity index is 1150. The first-order valence-corrected chi connectivity index (χ1v) is 9.63. The van der Waals surface area contributed by atoms with Gasteiger partial charge in [-0.25, -0.2) is 18.9 Å². The minimum atomic E-state index is -0.138. The van der Waals surface area contributed by atoms with Crippen molar-refractivity contribution in [1.82, 2.24) is 24.1 Å². The lowest BCUT2D eigenvalue weighted by atomic mass is 10.1. The molecule has 0 aliphatic rings. The van der Waals surface area contributed by atoms with E-state index in [1.54, 1.807) is 28.1 Å². The third kappa shape index (κ3) is 2.54. The fourth-order valence-electron chi connectivity index (χ4n) is 3.38. The van der Waals surface area contributed by atoms with Crippen LogP contribution in [0.1, 0.15) is 48.5 Å². The van der Waals surface area contributed by atoms with Crippen LogP contribution in [0.4, 0.5) is 0 Å². The van der Waals surface area contributed by atoms with Crippen molar-refractivity contribution in [3.8, 4) is 0 Å². The minimum Gasteiger partial charge on any atom is -0.265 e. The second kappa shape index (κ2) is 6.32. The maximum Gasteiger partial charge on any atom is 0.352 e. The first-order valence-electron chi connectivity index (χ1n) is 8.81. The average molecular weight is 367 g/mol. The number of nitrogens with zero attached hydrogens (tertiary/aromatic N) is 5. The zero-order valence-corrected chi connectivity index (χ0v) is 16.2. The fourth-order valence-corrected chi connectivity index (χ4v) is 4.49. The van der Waals surface area contributed by atoms with Gasteiger partial charge in [-0.05, 0) is 36.6 Å². The Morgan fingerprint density at radius 3 is 2.62 bits per heavy atom. The highest BCUT2D eigenvalue weighted by atomic mass is 32.1. The summed E-state index contributed by atoms with van der Waals surface area (Å²) in [4.78, 5) is 24.2. The number of rotatable bonds is 4. The standard InChI is InChI=1S/C19H21N5OS/c1-5-14-12(4)26-18-15(14)17-22-23(10-13-6-8-20-9-7-13)19(25)24(17)16(21-18)11(2)3/h6-9,11H,5,10H2,1-4H3. The molecule has 0 aliphatic carbocycles. The predicted octanol–water partition coefficient (Wildman–Crippen LogP) is 3.54. The molecule has 0 N–H and O–H groups in total. The van der Waals surface area contributed by atoms with Gasteiger partial charge in [0.2, 0.25) is 0 Å². The van der Waals surface area contributed by atoms with Gasteiger partial charge in [0.05, 0.1) is 11.9 Å². The molecule has 0 saturated heterocycles. The van der Waals surface area contributed by atoms with E-state index in [2.05, 4.69) is 32.7 Å². The van der Waals surface area contributed by atoms with Gasteiger partial charge < -0.3 is 0 Å². The minimum absolute atomic E-state index is 0.130. The second-order valence-electron chi connectivity index (χ2n) is 6.75. The van der Waals surface area contributed by atoms with E-state index in [0.29, 0.717) is 6.54 Å². The summed E-state index contributed by atoms with van der Waals surface area (Å²) in [5.74, 6) is 0.896. The molecule has 0 spiro atoms. The summed E-state index contributed by atoms with van der Waals surface area (Å²) in [6, 6.07) is 3.81. The summed E-state index contributed by atoms with van der Waals surface area (Å²) in [5.41, 5.74) is 2.82. The fraction of sp³-hybridized carbons (Fsp3) is 0.368. The van der Waals surface area contributed by atoms with Crippen molar-refractivity contribution < 1.29 is 0 Å². The van der Waals surface area contributed by atoms with E-state index in [4.69, 9.17) is 10.1 Å². The summed E-state index contributed by atoms with van der Waals surface area (Å²) in [5, 5.41) is 5.73. The smallest absolute Gasteiger partial charge is 0.265 e. The molecule has 7 heteroatoms. The molecular weight excluding hydrogens is 346 g/mol. The number of fused-ring (bicyclic) bond motifs is 3. The lowest BCUT2D eigenvalue weighted by Gasteiger charge is -2.07. The largest absolute Gasteiger partial charge is 0.352 e. The quantitative estimate of drug-likeness (QED) is 0.553. The Balaban J connectivity index is 2.05. The molecule has 0 fully saturated rings. The highest BCUT2D eigenvalue weighted by molar-refractivity contribution is 7.18. The Morgan fingerprint density at radius 1 is 1.23 bits per heavy atom. The van der Waals surface area contributed by atoms with E-state index >= 15 is 0 Å². The SMILES string of the molecule is CCc1c(C)sc2nc(C(C)C)n3c(=O)n(Cc4ccncc4)nc3c12. The third-order valence-corrected chi connectivity index (χ3v) is 5.69. The molecular formula is C19H21N5OS. The summed E-state index contributed by atoms with van der Waals surface area (Å²) in [6.07, 6.45) is 4.36. The Labute approximate surface area is 155 Å². The monoisotopic (exact) mass is 367 g/mol. The van der Waals surface area contributed by atoms with Gasteiger partial charge in [0.25, 0.3) is 0 Å². The van der Waals surface area contributed by atoms with Crippen molar-refractivity contribution in [3.63, 3.8) is 0 Å². The number of aromatic nitrogens is 5. The van der Waals surface area contributed by atoms with E-state index < -0.39 is 0 Å². The Kier molecular flexibility index (Phi) is 4.11. The molecule has 26 heavy (non-hydrogen) atoms. The Hall–Kier alpha value is -2.54. The number of thiophene rings is 1. The van der Waals surface area contributed by atoms with E-state index in [-0.39, 0.29) is 11.6 Å². The third-order valence-electron chi connectivity index (χ3n) is 4.65. The molecule has 6 nitrogen and oxygen atoms in total. The lowest BCUT2D eigenvalue weighted by Crippen LogP contribution is -2.24. The van der Waals surface area contributed by atoms with E-state index in [9.17, 15) is 4.79 Å². The van der Waals surface area contributed by atoms with Crippen LogP contribution in [0.5, 0.6) is 0 Å². The molecule has 0 amide bonds. The van der Waals surface area contributed by atoms with Crippen LogP contribution in [0.2, 0.25) is 0 Å². The summed E-state index contributed by atoms with van der Waals surface area (Å²) in [7, 11) is 0. The highest BCUT2D eigenvalue weighted by Crippen LogP contribution is 2.33. The molecule has 0 unspecified atom stereocenters. The average Bonchev–Trinajstić information content (AvgIpc) is 3.11. The number of aryl methyl sites for hydroxylation is 2. The van der Waals surface area contributed by atoms with Gasteiger partial charge in [-0.15, -0.1) is 16.4 Å². The topological polar surface area (TPSA) is 65.1 Å². The normalized spacial score (nSPS) is 11.9. The molecule has 0 radical (unpaired) electrons. The number of pyridine rings is 1. The first kappa shape index (κ1) is 16.9. The van der Waals surface area contributed by atoms with Crippen molar-refractivity contribution in [2.45, 2.75) is 46.6 Å². The highest BCUT2D eigenvalue weighted by Gasteiger charge is 2.21. The van der Waals surface area contributed by atoms with Crippen LogP contribution in [0.25, 0.3) is 15.9 Å². The van der Waals surface area contributed by atoms with Crippen molar-refractivity contribution in [2.75, 3.05) is 0 Å². The van der Waals surface area contributed by atoms with Gasteiger partial charge in [-0.1, -0.05) is 20.8 Å². The van der Waals surface area contributed by atoms with Crippen LogP contribution in [0.15, 0.2) is 29.3 Å². The van der Waals surface area contributed by atoms with Crippen molar-refractivity contribution in [3.05, 3.63) is 56.8 Å². The zero-order valence-electron chi connectivity index (χ0n) is 15.4. The van der Waals surface area contributed by atoms with Crippen LogP contribution in [-0.4, -0.2) is 24.1 Å². The summed E-state index contributed by atoms with van der Waals surface area (Å²) >= 11 is 1.68. The van der Waals surface area contributed by atoms with Gasteiger partial charge in [-0.2, -0.15) is 0 Å². The lowest BCUT2D eigenvalue weighted by molar-refractivity contribution is 0.648. The molecule has 0 aliphatic heterocycles. The first-order chi connectivity index (χ1) is 12.5. The molecule has 0 saturated carbocycles. The molecule has 4 heterocycles. The van der Waals surface area contributed by atoms with Crippen LogP contribution >= 0.6 is 11.3 Å².